The number of fused-ring (bicyclic) bond motifs is 1. The topological polar surface area (TPSA) is 29.4 Å². The van der Waals surface area contributed by atoms with Gasteiger partial charge in [0.15, 0.2) is 0 Å². The van der Waals surface area contributed by atoms with Gasteiger partial charge in [0.25, 0.3) is 0 Å². The van der Waals surface area contributed by atoms with E-state index in [0.717, 1.165) is 36.7 Å². The monoisotopic (exact) mass is 331 g/mol. The van der Waals surface area contributed by atoms with Crippen molar-refractivity contribution in [1.82, 2.24) is 0 Å². The Labute approximate surface area is 150 Å². The Balaban J connectivity index is 1.98. The largest absolute Gasteiger partial charge is 0.298 e. The average Bonchev–Trinajstić information content (AvgIpc) is 3.11. The first-order valence-corrected chi connectivity index (χ1v) is 9.29. The predicted molar refractivity (Wildman–Crippen MR) is 103 cm³/mol. The number of carbonyl (C=O) groups excluding carboxylic acids is 1. The number of hydrogen-bond donors (Lipinski definition) is 0. The van der Waals surface area contributed by atoms with Crippen LogP contribution in [-0.2, 0) is 11.8 Å². The molecule has 0 amide bonds. The molecule has 2 aliphatic rings. The Kier molecular flexibility index (Phi) is 3.87. The summed E-state index contributed by atoms with van der Waals surface area (Å²) >= 11 is 0. The predicted octanol–water partition coefficient (Wildman–Crippen LogP) is 5.13. The van der Waals surface area contributed by atoms with Crippen molar-refractivity contribution in [3.63, 3.8) is 0 Å². The highest BCUT2D eigenvalue weighted by Crippen LogP contribution is 2.47. The molecule has 0 saturated heterocycles. The second kappa shape index (κ2) is 5.94. The fourth-order valence-electron chi connectivity index (χ4n) is 4.79. The second-order valence-electron chi connectivity index (χ2n) is 8.10. The summed E-state index contributed by atoms with van der Waals surface area (Å²) in [4.78, 5) is 17.0. The fraction of sp³-hybridized carbons (Fsp3) is 0.391. The van der Waals surface area contributed by atoms with Crippen molar-refractivity contribution in [2.24, 2.45) is 4.99 Å². The molecule has 2 aromatic rings. The van der Waals surface area contributed by atoms with E-state index in [9.17, 15) is 4.79 Å². The van der Waals surface area contributed by atoms with E-state index < -0.39 is 0 Å². The molecule has 25 heavy (non-hydrogen) atoms. The number of aldehydes is 1. The van der Waals surface area contributed by atoms with Crippen molar-refractivity contribution < 1.29 is 4.79 Å². The van der Waals surface area contributed by atoms with E-state index in [0.29, 0.717) is 0 Å². The van der Waals surface area contributed by atoms with Gasteiger partial charge in [-0.15, -0.1) is 0 Å². The van der Waals surface area contributed by atoms with Gasteiger partial charge in [-0.1, -0.05) is 61.4 Å². The number of hydrogen-bond acceptors (Lipinski definition) is 2. The molecule has 2 nitrogen and oxygen atoms in total. The minimum Gasteiger partial charge on any atom is -0.298 e. The maximum atomic E-state index is 11.7. The molecule has 128 valence electrons. The van der Waals surface area contributed by atoms with Crippen LogP contribution in [0.2, 0.25) is 0 Å². The van der Waals surface area contributed by atoms with Crippen LogP contribution >= 0.6 is 0 Å². The van der Waals surface area contributed by atoms with E-state index >= 15 is 0 Å². The molecule has 1 aliphatic heterocycles. The highest BCUT2D eigenvalue weighted by Gasteiger charge is 2.45. The standard InChI is InChI=1S/C23H25NO/c1-22(2)15-17-9-3-5-11-19(17)21(24-22)23(13-7-8-14-23)20-12-6-4-10-18(20)16-25/h3-6,9-12,16H,7-8,13-15H2,1-2H3. The van der Waals surface area contributed by atoms with Gasteiger partial charge in [0.05, 0.1) is 11.3 Å². The molecule has 4 rings (SSSR count). The lowest BCUT2D eigenvalue weighted by Gasteiger charge is -2.39. The summed E-state index contributed by atoms with van der Waals surface area (Å²) in [5.74, 6) is 0. The molecule has 0 N–H and O–H groups in total. The Morgan fingerprint density at radius 2 is 1.64 bits per heavy atom. The molecule has 0 bridgehead atoms. The first-order valence-electron chi connectivity index (χ1n) is 9.29. The minimum absolute atomic E-state index is 0.102. The molecule has 0 aromatic heterocycles. The van der Waals surface area contributed by atoms with Gasteiger partial charge in [0.2, 0.25) is 0 Å². The van der Waals surface area contributed by atoms with Gasteiger partial charge in [-0.3, -0.25) is 9.79 Å². The van der Waals surface area contributed by atoms with Gasteiger partial charge in [-0.05, 0) is 49.8 Å². The van der Waals surface area contributed by atoms with Crippen LogP contribution in [0.1, 0.15) is 66.6 Å². The zero-order chi connectivity index (χ0) is 17.5. The molecule has 0 spiro atoms. The Morgan fingerprint density at radius 3 is 2.40 bits per heavy atom. The van der Waals surface area contributed by atoms with Crippen molar-refractivity contribution in [3.05, 3.63) is 70.8 Å². The average molecular weight is 331 g/mol. The van der Waals surface area contributed by atoms with Crippen LogP contribution < -0.4 is 0 Å². The highest BCUT2D eigenvalue weighted by atomic mass is 16.1. The summed E-state index contributed by atoms with van der Waals surface area (Å²) in [5, 5.41) is 0. The summed E-state index contributed by atoms with van der Waals surface area (Å²) in [5.41, 5.74) is 5.60. The fourth-order valence-corrected chi connectivity index (χ4v) is 4.79. The number of benzene rings is 2. The second-order valence-corrected chi connectivity index (χ2v) is 8.10. The lowest BCUT2D eigenvalue weighted by Crippen LogP contribution is -2.41. The summed E-state index contributed by atoms with van der Waals surface area (Å²) in [6.07, 6.45) is 6.50. The van der Waals surface area contributed by atoms with Gasteiger partial charge in [0.1, 0.15) is 6.29 Å². The van der Waals surface area contributed by atoms with Crippen LogP contribution in [0.4, 0.5) is 0 Å². The molecule has 1 aliphatic carbocycles. The van der Waals surface area contributed by atoms with Crippen molar-refractivity contribution in [3.8, 4) is 0 Å². The van der Waals surface area contributed by atoms with E-state index in [4.69, 9.17) is 4.99 Å². The zero-order valence-corrected chi connectivity index (χ0v) is 15.1. The van der Waals surface area contributed by atoms with Crippen LogP contribution in [0.5, 0.6) is 0 Å². The number of aliphatic imine (C=N–C) groups is 1. The van der Waals surface area contributed by atoms with Crippen LogP contribution in [-0.4, -0.2) is 17.5 Å². The van der Waals surface area contributed by atoms with Crippen LogP contribution in [0, 0.1) is 0 Å². The van der Waals surface area contributed by atoms with Gasteiger partial charge in [0, 0.05) is 11.0 Å². The summed E-state index contributed by atoms with van der Waals surface area (Å²) in [6, 6.07) is 16.8. The first kappa shape index (κ1) is 16.3. The van der Waals surface area contributed by atoms with Crippen LogP contribution in [0.3, 0.4) is 0 Å². The lowest BCUT2D eigenvalue weighted by molar-refractivity contribution is 0.112. The molecular formula is C23H25NO. The Bertz CT molecular complexity index is 841. The first-order chi connectivity index (χ1) is 12.1. The molecule has 2 aromatic carbocycles. The third kappa shape index (κ3) is 2.64. The summed E-state index contributed by atoms with van der Waals surface area (Å²) in [7, 11) is 0. The van der Waals surface area contributed by atoms with Crippen molar-refractivity contribution in [2.75, 3.05) is 0 Å². The van der Waals surface area contributed by atoms with E-state index in [2.05, 4.69) is 50.2 Å². The third-order valence-electron chi connectivity index (χ3n) is 5.82. The van der Waals surface area contributed by atoms with Gasteiger partial charge < -0.3 is 0 Å². The van der Waals surface area contributed by atoms with Crippen LogP contribution in [0.25, 0.3) is 0 Å². The molecule has 1 heterocycles. The lowest BCUT2D eigenvalue weighted by atomic mass is 9.68. The van der Waals surface area contributed by atoms with Crippen molar-refractivity contribution >= 4 is 12.0 Å². The normalized spacial score (nSPS) is 20.6. The van der Waals surface area contributed by atoms with E-state index in [1.54, 1.807) is 0 Å². The maximum Gasteiger partial charge on any atom is 0.150 e. The SMILES string of the molecule is CC1(C)Cc2ccccc2C(C2(c3ccccc3C=O)CCCC2)=N1. The van der Waals surface area contributed by atoms with Gasteiger partial charge in [-0.25, -0.2) is 0 Å². The van der Waals surface area contributed by atoms with Crippen molar-refractivity contribution in [2.45, 2.75) is 56.9 Å². The quantitative estimate of drug-likeness (QED) is 0.717. The molecule has 0 unspecified atom stereocenters. The molecule has 2 heteroatoms. The Morgan fingerprint density at radius 1 is 0.960 bits per heavy atom. The molecule has 0 atom stereocenters. The maximum absolute atomic E-state index is 11.7. The minimum atomic E-state index is -0.134. The van der Waals surface area contributed by atoms with Crippen LogP contribution in [0.15, 0.2) is 53.5 Å². The number of carbonyl (C=O) groups is 1. The van der Waals surface area contributed by atoms with E-state index in [1.807, 2.05) is 12.1 Å². The molecule has 1 fully saturated rings. The van der Waals surface area contributed by atoms with E-state index in [-0.39, 0.29) is 11.0 Å². The third-order valence-corrected chi connectivity index (χ3v) is 5.82. The Hall–Kier alpha value is -2.22. The molecular weight excluding hydrogens is 306 g/mol. The van der Waals surface area contributed by atoms with Crippen molar-refractivity contribution in [1.29, 1.82) is 0 Å². The van der Waals surface area contributed by atoms with Gasteiger partial charge >= 0.3 is 0 Å². The smallest absolute Gasteiger partial charge is 0.150 e. The summed E-state index contributed by atoms with van der Waals surface area (Å²) < 4.78 is 0. The zero-order valence-electron chi connectivity index (χ0n) is 15.1. The summed E-state index contributed by atoms with van der Waals surface area (Å²) in [6.45, 7) is 4.44. The number of nitrogens with zero attached hydrogens (tertiary/aromatic N) is 1. The molecule has 1 saturated carbocycles. The number of rotatable bonds is 3. The molecule has 0 radical (unpaired) electrons. The highest BCUT2D eigenvalue weighted by molar-refractivity contribution is 6.11. The van der Waals surface area contributed by atoms with Gasteiger partial charge in [-0.2, -0.15) is 0 Å². The van der Waals surface area contributed by atoms with E-state index in [1.165, 1.54) is 29.7 Å².